The van der Waals surface area contributed by atoms with E-state index in [9.17, 15) is 0 Å². The smallest absolute Gasteiger partial charge is 0.0500 e. The second-order valence-corrected chi connectivity index (χ2v) is 4.96. The highest BCUT2D eigenvalue weighted by Gasteiger charge is 2.35. The van der Waals surface area contributed by atoms with Gasteiger partial charge in [-0.15, -0.1) is 0 Å². The van der Waals surface area contributed by atoms with Crippen molar-refractivity contribution >= 4 is 0 Å². The molecule has 2 aliphatic rings. The fourth-order valence-electron chi connectivity index (χ4n) is 2.85. The van der Waals surface area contributed by atoms with Crippen LogP contribution in [0.5, 0.6) is 0 Å². The molecule has 1 fully saturated rings. The Morgan fingerprint density at radius 1 is 1.13 bits per heavy atom. The lowest BCUT2D eigenvalue weighted by Crippen LogP contribution is -2.15. The van der Waals surface area contributed by atoms with Gasteiger partial charge < -0.3 is 10.5 Å². The van der Waals surface area contributed by atoms with Gasteiger partial charge in [0.25, 0.3) is 0 Å². The summed E-state index contributed by atoms with van der Waals surface area (Å²) >= 11 is 0. The van der Waals surface area contributed by atoms with Gasteiger partial charge in [0.1, 0.15) is 0 Å². The highest BCUT2D eigenvalue weighted by Crippen LogP contribution is 2.43. The van der Waals surface area contributed by atoms with Gasteiger partial charge in [-0.25, -0.2) is 0 Å². The highest BCUT2D eigenvalue weighted by atomic mass is 16.5. The summed E-state index contributed by atoms with van der Waals surface area (Å²) in [6.45, 7) is 2.73. The molecule has 2 nitrogen and oxygen atoms in total. The molecular weight excluding hydrogens is 186 g/mol. The van der Waals surface area contributed by atoms with Gasteiger partial charge in [-0.2, -0.15) is 0 Å². The average molecular weight is 209 g/mol. The van der Waals surface area contributed by atoms with Gasteiger partial charge in [0.05, 0.1) is 0 Å². The Hall–Kier alpha value is -0.340. The first kappa shape index (κ1) is 11.2. The Labute approximate surface area is 92.9 Å². The van der Waals surface area contributed by atoms with Crippen molar-refractivity contribution in [2.45, 2.75) is 32.1 Å². The maximum Gasteiger partial charge on any atom is 0.0500 e. The molecule has 3 unspecified atom stereocenters. The lowest BCUT2D eigenvalue weighted by molar-refractivity contribution is 0.0878. The molecule has 15 heavy (non-hydrogen) atoms. The first-order valence-electron chi connectivity index (χ1n) is 6.36. The van der Waals surface area contributed by atoms with E-state index in [4.69, 9.17) is 10.5 Å². The molecule has 2 aliphatic carbocycles. The minimum Gasteiger partial charge on any atom is -0.381 e. The van der Waals surface area contributed by atoms with Gasteiger partial charge in [0, 0.05) is 13.2 Å². The molecule has 0 heterocycles. The van der Waals surface area contributed by atoms with Crippen molar-refractivity contribution in [2.75, 3.05) is 19.8 Å². The quantitative estimate of drug-likeness (QED) is 0.516. The third-order valence-corrected chi connectivity index (χ3v) is 3.74. The zero-order chi connectivity index (χ0) is 10.5. The van der Waals surface area contributed by atoms with Crippen LogP contribution in [0.3, 0.4) is 0 Å². The average Bonchev–Trinajstić information content (AvgIpc) is 2.85. The van der Waals surface area contributed by atoms with Gasteiger partial charge in [-0.3, -0.25) is 0 Å². The van der Waals surface area contributed by atoms with E-state index in [-0.39, 0.29) is 0 Å². The SMILES string of the molecule is NCCCCCOCC1CC2C=CC1C2. The van der Waals surface area contributed by atoms with Gasteiger partial charge in [-0.05, 0) is 56.4 Å². The number of unbranched alkanes of at least 4 members (excludes halogenated alkanes) is 2. The summed E-state index contributed by atoms with van der Waals surface area (Å²) in [5.41, 5.74) is 5.44. The number of ether oxygens (including phenoxy) is 1. The van der Waals surface area contributed by atoms with E-state index in [0.717, 1.165) is 43.9 Å². The van der Waals surface area contributed by atoms with E-state index in [1.165, 1.54) is 25.7 Å². The molecule has 2 N–H and O–H groups in total. The maximum atomic E-state index is 5.74. The molecule has 86 valence electrons. The first-order valence-corrected chi connectivity index (χ1v) is 6.36. The summed E-state index contributed by atoms with van der Waals surface area (Å²) in [6, 6.07) is 0. The summed E-state index contributed by atoms with van der Waals surface area (Å²) in [6.07, 6.45) is 11.1. The van der Waals surface area contributed by atoms with Crippen molar-refractivity contribution in [2.24, 2.45) is 23.5 Å². The molecule has 2 rings (SSSR count). The van der Waals surface area contributed by atoms with E-state index < -0.39 is 0 Å². The lowest BCUT2D eigenvalue weighted by Gasteiger charge is -2.17. The summed E-state index contributed by atoms with van der Waals surface area (Å²) in [7, 11) is 0. The molecule has 0 saturated heterocycles. The molecule has 0 aromatic carbocycles. The lowest BCUT2D eigenvalue weighted by atomic mass is 9.95. The molecule has 0 radical (unpaired) electrons. The van der Waals surface area contributed by atoms with Crippen molar-refractivity contribution in [1.29, 1.82) is 0 Å². The van der Waals surface area contributed by atoms with Crippen molar-refractivity contribution in [3.05, 3.63) is 12.2 Å². The van der Waals surface area contributed by atoms with Crippen LogP contribution >= 0.6 is 0 Å². The van der Waals surface area contributed by atoms with Gasteiger partial charge in [-0.1, -0.05) is 12.2 Å². The van der Waals surface area contributed by atoms with Crippen LogP contribution in [-0.2, 0) is 4.74 Å². The predicted molar refractivity (Wildman–Crippen MR) is 62.6 cm³/mol. The molecule has 2 heteroatoms. The monoisotopic (exact) mass is 209 g/mol. The Bertz CT molecular complexity index is 215. The van der Waals surface area contributed by atoms with Crippen molar-refractivity contribution < 1.29 is 4.74 Å². The van der Waals surface area contributed by atoms with Crippen molar-refractivity contribution in [1.82, 2.24) is 0 Å². The summed E-state index contributed by atoms with van der Waals surface area (Å²) < 4.78 is 5.74. The molecule has 0 aromatic heterocycles. The Balaban J connectivity index is 1.50. The number of fused-ring (bicyclic) bond motifs is 2. The van der Waals surface area contributed by atoms with E-state index in [1.807, 2.05) is 0 Å². The second-order valence-electron chi connectivity index (χ2n) is 4.96. The Kier molecular flexibility index (Phi) is 4.21. The summed E-state index contributed by atoms with van der Waals surface area (Å²) in [5.74, 6) is 2.52. The third kappa shape index (κ3) is 3.05. The topological polar surface area (TPSA) is 35.2 Å². The van der Waals surface area contributed by atoms with Crippen LogP contribution in [-0.4, -0.2) is 19.8 Å². The van der Waals surface area contributed by atoms with Crippen LogP contribution in [0.4, 0.5) is 0 Å². The van der Waals surface area contributed by atoms with Crippen LogP contribution in [0.1, 0.15) is 32.1 Å². The molecular formula is C13H23NO. The minimum absolute atomic E-state index is 0.814. The zero-order valence-electron chi connectivity index (χ0n) is 9.53. The van der Waals surface area contributed by atoms with E-state index in [1.54, 1.807) is 0 Å². The number of rotatable bonds is 7. The standard InChI is InChI=1S/C13H23NO/c14-6-2-1-3-7-15-10-13-9-11-4-5-12(13)8-11/h4-5,11-13H,1-3,6-10,14H2. The van der Waals surface area contributed by atoms with Crippen LogP contribution in [0.15, 0.2) is 12.2 Å². The summed E-state index contributed by atoms with van der Waals surface area (Å²) in [4.78, 5) is 0. The number of allylic oxidation sites excluding steroid dienone is 2. The number of hydrogen-bond acceptors (Lipinski definition) is 2. The van der Waals surface area contributed by atoms with Crippen LogP contribution in [0.25, 0.3) is 0 Å². The van der Waals surface area contributed by atoms with Crippen molar-refractivity contribution in [3.63, 3.8) is 0 Å². The molecule has 0 aliphatic heterocycles. The molecule has 0 amide bonds. The highest BCUT2D eigenvalue weighted by molar-refractivity contribution is 5.09. The van der Waals surface area contributed by atoms with Crippen LogP contribution in [0.2, 0.25) is 0 Å². The first-order chi connectivity index (χ1) is 7.40. The van der Waals surface area contributed by atoms with E-state index >= 15 is 0 Å². The minimum atomic E-state index is 0.814. The van der Waals surface area contributed by atoms with E-state index in [2.05, 4.69) is 12.2 Å². The number of nitrogens with two attached hydrogens (primary N) is 1. The molecule has 0 spiro atoms. The zero-order valence-corrected chi connectivity index (χ0v) is 9.53. The normalized spacial score (nSPS) is 32.7. The van der Waals surface area contributed by atoms with Gasteiger partial charge in [0.15, 0.2) is 0 Å². The van der Waals surface area contributed by atoms with Gasteiger partial charge in [0.2, 0.25) is 0 Å². The molecule has 1 saturated carbocycles. The maximum absolute atomic E-state index is 5.74. The van der Waals surface area contributed by atoms with E-state index in [0.29, 0.717) is 0 Å². The fraction of sp³-hybridized carbons (Fsp3) is 0.846. The van der Waals surface area contributed by atoms with Crippen LogP contribution < -0.4 is 5.73 Å². The molecule has 0 aromatic rings. The third-order valence-electron chi connectivity index (χ3n) is 3.74. The molecule has 3 atom stereocenters. The Morgan fingerprint density at radius 3 is 2.73 bits per heavy atom. The van der Waals surface area contributed by atoms with Crippen molar-refractivity contribution in [3.8, 4) is 0 Å². The molecule has 2 bridgehead atoms. The largest absolute Gasteiger partial charge is 0.381 e. The second kappa shape index (κ2) is 5.66. The Morgan fingerprint density at radius 2 is 2.07 bits per heavy atom. The summed E-state index contributed by atoms with van der Waals surface area (Å²) in [5, 5.41) is 0. The van der Waals surface area contributed by atoms with Crippen LogP contribution in [0, 0.1) is 17.8 Å². The number of hydrogen-bond donors (Lipinski definition) is 1. The van der Waals surface area contributed by atoms with Gasteiger partial charge >= 0.3 is 0 Å². The fourth-order valence-corrected chi connectivity index (χ4v) is 2.85. The predicted octanol–water partition coefficient (Wildman–Crippen LogP) is 2.34.